The van der Waals surface area contributed by atoms with E-state index in [-0.39, 0.29) is 12.5 Å². The molecule has 0 aromatic heterocycles. The van der Waals surface area contributed by atoms with Crippen LogP contribution in [0.2, 0.25) is 0 Å². The van der Waals surface area contributed by atoms with Gasteiger partial charge in [0.1, 0.15) is 5.75 Å². The van der Waals surface area contributed by atoms with Crippen LogP contribution in [0, 0.1) is 0 Å². The predicted octanol–water partition coefficient (Wildman–Crippen LogP) is 2.81. The van der Waals surface area contributed by atoms with Crippen molar-refractivity contribution < 1.29 is 28.7 Å². The third-order valence-electron chi connectivity index (χ3n) is 4.22. The summed E-state index contributed by atoms with van der Waals surface area (Å²) >= 11 is 0. The number of likely N-dealkylation sites (N-methyl/N-ethyl adjacent to an activating group) is 1. The highest BCUT2D eigenvalue weighted by Gasteiger charge is 2.19. The molecule has 0 aliphatic heterocycles. The van der Waals surface area contributed by atoms with Crippen molar-refractivity contribution in [1.82, 2.24) is 10.2 Å². The normalized spacial score (nSPS) is 10.8. The summed E-state index contributed by atoms with van der Waals surface area (Å²) in [7, 11) is 1.47. The second kappa shape index (κ2) is 10.6. The molecule has 0 radical (unpaired) electrons. The lowest BCUT2D eigenvalue weighted by Gasteiger charge is -2.23. The van der Waals surface area contributed by atoms with Gasteiger partial charge in [-0.2, -0.15) is 0 Å². The van der Waals surface area contributed by atoms with Crippen molar-refractivity contribution in [3.05, 3.63) is 54.1 Å². The fourth-order valence-electron chi connectivity index (χ4n) is 2.76. The first kappa shape index (κ1) is 24.6. The number of benzene rings is 2. The number of esters is 2. The molecule has 2 aromatic rings. The quantitative estimate of drug-likeness (QED) is 0.525. The summed E-state index contributed by atoms with van der Waals surface area (Å²) in [5, 5.41) is 2.76. The van der Waals surface area contributed by atoms with Gasteiger partial charge in [-0.25, -0.2) is 4.79 Å². The average Bonchev–Trinajstić information content (AvgIpc) is 2.70. The molecule has 0 unspecified atom stereocenters. The lowest BCUT2D eigenvalue weighted by molar-refractivity contribution is -0.137. The Kier molecular flexibility index (Phi) is 8.12. The Hall–Kier alpha value is -3.68. The van der Waals surface area contributed by atoms with Crippen LogP contribution in [0.5, 0.6) is 5.75 Å². The molecular formula is C24H28N2O6. The van der Waals surface area contributed by atoms with Crippen molar-refractivity contribution in [2.24, 2.45) is 0 Å². The smallest absolute Gasteiger partial charge is 0.338 e. The number of ether oxygens (including phenoxy) is 2. The Morgan fingerprint density at radius 2 is 1.44 bits per heavy atom. The van der Waals surface area contributed by atoms with Crippen LogP contribution in [0.25, 0.3) is 11.1 Å². The summed E-state index contributed by atoms with van der Waals surface area (Å²) in [6.07, 6.45) is 0. The van der Waals surface area contributed by atoms with Gasteiger partial charge < -0.3 is 19.7 Å². The molecule has 170 valence electrons. The second-order valence-corrected chi connectivity index (χ2v) is 8.32. The minimum absolute atomic E-state index is 0.126. The van der Waals surface area contributed by atoms with Crippen LogP contribution in [-0.4, -0.2) is 54.4 Å². The largest absolute Gasteiger partial charge is 0.452 e. The van der Waals surface area contributed by atoms with E-state index in [1.165, 1.54) is 18.9 Å². The molecule has 0 fully saturated rings. The first-order valence-corrected chi connectivity index (χ1v) is 10.1. The molecular weight excluding hydrogens is 412 g/mol. The molecule has 0 aliphatic carbocycles. The zero-order valence-corrected chi connectivity index (χ0v) is 18.9. The number of carbonyl (C=O) groups excluding carboxylic acids is 4. The average molecular weight is 440 g/mol. The lowest BCUT2D eigenvalue weighted by atomic mass is 10.0. The standard InChI is InChI=1S/C24H28N2O6/c1-16(27)32-20-12-10-18(11-13-20)17-6-8-19(9-7-17)23(30)31-15-22(29)26(5)14-21(28)25-24(2,3)4/h6-13H,14-15H2,1-5H3,(H,25,28). The van der Waals surface area contributed by atoms with Crippen molar-refractivity contribution >= 4 is 23.8 Å². The topological polar surface area (TPSA) is 102 Å². The maximum atomic E-state index is 12.3. The summed E-state index contributed by atoms with van der Waals surface area (Å²) in [6.45, 7) is 6.28. The van der Waals surface area contributed by atoms with Gasteiger partial charge in [0.2, 0.25) is 5.91 Å². The van der Waals surface area contributed by atoms with Crippen molar-refractivity contribution in [3.63, 3.8) is 0 Å². The fraction of sp³-hybridized carbons (Fsp3) is 0.333. The van der Waals surface area contributed by atoms with Gasteiger partial charge in [-0.1, -0.05) is 24.3 Å². The molecule has 8 heteroatoms. The first-order chi connectivity index (χ1) is 14.9. The summed E-state index contributed by atoms with van der Waals surface area (Å²) in [6, 6.07) is 13.7. The molecule has 2 rings (SSSR count). The first-order valence-electron chi connectivity index (χ1n) is 10.1. The van der Waals surface area contributed by atoms with Crippen LogP contribution < -0.4 is 10.1 Å². The number of nitrogens with one attached hydrogen (secondary N) is 1. The number of hydrogen-bond donors (Lipinski definition) is 1. The molecule has 1 N–H and O–H groups in total. The van der Waals surface area contributed by atoms with Gasteiger partial charge >= 0.3 is 11.9 Å². The van der Waals surface area contributed by atoms with Gasteiger partial charge in [-0.05, 0) is 56.2 Å². The van der Waals surface area contributed by atoms with Crippen LogP contribution in [0.15, 0.2) is 48.5 Å². The Morgan fingerprint density at radius 1 is 0.906 bits per heavy atom. The van der Waals surface area contributed by atoms with E-state index in [4.69, 9.17) is 9.47 Å². The lowest BCUT2D eigenvalue weighted by Crippen LogP contribution is -2.46. The van der Waals surface area contributed by atoms with Gasteiger partial charge in [-0.3, -0.25) is 14.4 Å². The van der Waals surface area contributed by atoms with Crippen LogP contribution in [-0.2, 0) is 19.1 Å². The third-order valence-corrected chi connectivity index (χ3v) is 4.22. The molecule has 32 heavy (non-hydrogen) atoms. The molecule has 0 spiro atoms. The molecule has 2 amide bonds. The van der Waals surface area contributed by atoms with Crippen LogP contribution in [0.4, 0.5) is 0 Å². The van der Waals surface area contributed by atoms with E-state index in [1.54, 1.807) is 48.5 Å². The predicted molar refractivity (Wildman–Crippen MR) is 119 cm³/mol. The van der Waals surface area contributed by atoms with Crippen molar-refractivity contribution in [2.75, 3.05) is 20.2 Å². The molecule has 0 saturated carbocycles. The molecule has 0 saturated heterocycles. The van der Waals surface area contributed by atoms with E-state index in [2.05, 4.69) is 5.32 Å². The highest BCUT2D eigenvalue weighted by Crippen LogP contribution is 2.23. The van der Waals surface area contributed by atoms with Crippen molar-refractivity contribution in [3.8, 4) is 16.9 Å². The molecule has 0 bridgehead atoms. The van der Waals surface area contributed by atoms with Crippen molar-refractivity contribution in [2.45, 2.75) is 33.2 Å². The Labute approximate surface area is 187 Å². The molecule has 0 aliphatic rings. The number of amides is 2. The third kappa shape index (κ3) is 7.86. The van der Waals surface area contributed by atoms with E-state index in [9.17, 15) is 19.2 Å². The SMILES string of the molecule is CC(=O)Oc1ccc(-c2ccc(C(=O)OCC(=O)N(C)CC(=O)NC(C)(C)C)cc2)cc1. The van der Waals surface area contributed by atoms with E-state index in [0.717, 1.165) is 11.1 Å². The maximum absolute atomic E-state index is 12.3. The molecule has 0 heterocycles. The number of rotatable bonds is 7. The van der Waals surface area contributed by atoms with E-state index in [1.807, 2.05) is 20.8 Å². The van der Waals surface area contributed by atoms with Gasteiger partial charge in [0, 0.05) is 19.5 Å². The zero-order chi connectivity index (χ0) is 23.9. The van der Waals surface area contributed by atoms with E-state index >= 15 is 0 Å². The Bertz CT molecular complexity index is 975. The van der Waals surface area contributed by atoms with Crippen LogP contribution in [0.1, 0.15) is 38.1 Å². The number of carbonyl (C=O) groups is 4. The van der Waals surface area contributed by atoms with Crippen LogP contribution in [0.3, 0.4) is 0 Å². The van der Waals surface area contributed by atoms with E-state index < -0.39 is 30.0 Å². The minimum Gasteiger partial charge on any atom is -0.452 e. The second-order valence-electron chi connectivity index (χ2n) is 8.32. The highest BCUT2D eigenvalue weighted by atomic mass is 16.5. The number of hydrogen-bond acceptors (Lipinski definition) is 6. The van der Waals surface area contributed by atoms with Crippen molar-refractivity contribution in [1.29, 1.82) is 0 Å². The summed E-state index contributed by atoms with van der Waals surface area (Å²) in [5.74, 6) is -1.35. The molecule has 0 atom stereocenters. The minimum atomic E-state index is -0.636. The number of nitrogens with zero attached hydrogens (tertiary/aromatic N) is 1. The molecule has 2 aromatic carbocycles. The fourth-order valence-corrected chi connectivity index (χ4v) is 2.76. The highest BCUT2D eigenvalue weighted by molar-refractivity contribution is 5.92. The Morgan fingerprint density at radius 3 is 1.94 bits per heavy atom. The zero-order valence-electron chi connectivity index (χ0n) is 18.9. The van der Waals surface area contributed by atoms with Gasteiger partial charge in [-0.15, -0.1) is 0 Å². The van der Waals surface area contributed by atoms with E-state index in [0.29, 0.717) is 11.3 Å². The summed E-state index contributed by atoms with van der Waals surface area (Å²) < 4.78 is 10.1. The Balaban J connectivity index is 1.89. The van der Waals surface area contributed by atoms with Crippen LogP contribution >= 0.6 is 0 Å². The summed E-state index contributed by atoms with van der Waals surface area (Å²) in [4.78, 5) is 48.5. The van der Waals surface area contributed by atoms with Gasteiger partial charge in [0.15, 0.2) is 6.61 Å². The summed E-state index contributed by atoms with van der Waals surface area (Å²) in [5.41, 5.74) is 1.64. The van der Waals surface area contributed by atoms with Gasteiger partial charge in [0.25, 0.3) is 5.91 Å². The monoisotopic (exact) mass is 440 g/mol. The molecule has 8 nitrogen and oxygen atoms in total. The van der Waals surface area contributed by atoms with Gasteiger partial charge in [0.05, 0.1) is 12.1 Å². The maximum Gasteiger partial charge on any atom is 0.338 e.